The minimum Gasteiger partial charge on any atom is -0.384 e. The summed E-state index contributed by atoms with van der Waals surface area (Å²) in [5.41, 5.74) is 1.72. The highest BCUT2D eigenvalue weighted by atomic mass is 35.5. The van der Waals surface area contributed by atoms with Crippen LogP contribution in [0.25, 0.3) is 0 Å². The van der Waals surface area contributed by atoms with Crippen molar-refractivity contribution in [3.05, 3.63) is 81.6 Å². The van der Waals surface area contributed by atoms with E-state index in [-0.39, 0.29) is 44.8 Å². The third kappa shape index (κ3) is 5.72. The fraction of sp³-hybridized carbons (Fsp3) is 0.240. The van der Waals surface area contributed by atoms with E-state index in [0.717, 1.165) is 9.87 Å². The van der Waals surface area contributed by atoms with Gasteiger partial charge in [-0.15, -0.1) is 0 Å². The third-order valence-corrected chi connectivity index (χ3v) is 8.20. The van der Waals surface area contributed by atoms with Gasteiger partial charge in [-0.25, -0.2) is 8.42 Å². The van der Waals surface area contributed by atoms with Crippen molar-refractivity contribution in [1.29, 1.82) is 0 Å². The van der Waals surface area contributed by atoms with Gasteiger partial charge in [0.15, 0.2) is 0 Å². The Kier molecular flexibility index (Phi) is 7.75. The van der Waals surface area contributed by atoms with Gasteiger partial charge in [0, 0.05) is 6.42 Å². The predicted octanol–water partition coefficient (Wildman–Crippen LogP) is 3.57. The maximum Gasteiger partial charge on any atom is 0.264 e. The number of aromatic nitrogens is 1. The number of aliphatic hydroxyl groups is 1. The molecule has 2 heterocycles. The van der Waals surface area contributed by atoms with Crippen molar-refractivity contribution in [2.24, 2.45) is 0 Å². The Morgan fingerprint density at radius 2 is 1.81 bits per heavy atom. The molecule has 1 aromatic heterocycles. The van der Waals surface area contributed by atoms with Crippen LogP contribution >= 0.6 is 23.2 Å². The van der Waals surface area contributed by atoms with Crippen LogP contribution in [0.5, 0.6) is 0 Å². The maximum atomic E-state index is 13.7. The zero-order chi connectivity index (χ0) is 26.9. The molecule has 3 N–H and O–H groups in total. The van der Waals surface area contributed by atoms with Crippen molar-refractivity contribution < 1.29 is 23.1 Å². The summed E-state index contributed by atoms with van der Waals surface area (Å²) >= 11 is 12.3. The summed E-state index contributed by atoms with van der Waals surface area (Å²) in [7, 11) is -4.07. The lowest BCUT2D eigenvalue weighted by molar-refractivity contribution is -0.129. The molecule has 0 bridgehead atoms. The summed E-state index contributed by atoms with van der Waals surface area (Å²) in [5, 5.41) is 15.3. The molecule has 0 spiro atoms. The van der Waals surface area contributed by atoms with Crippen molar-refractivity contribution in [1.82, 2.24) is 10.3 Å². The minimum absolute atomic E-state index is 0.0678. The lowest BCUT2D eigenvalue weighted by Gasteiger charge is -2.35. The van der Waals surface area contributed by atoms with Crippen molar-refractivity contribution in [2.75, 3.05) is 16.2 Å². The van der Waals surface area contributed by atoms with Crippen molar-refractivity contribution in [3.63, 3.8) is 0 Å². The van der Waals surface area contributed by atoms with Gasteiger partial charge >= 0.3 is 0 Å². The van der Waals surface area contributed by atoms with Gasteiger partial charge < -0.3 is 15.7 Å². The monoisotopic (exact) mass is 562 g/mol. The van der Waals surface area contributed by atoms with E-state index in [0.29, 0.717) is 5.69 Å². The second-order valence-electron chi connectivity index (χ2n) is 8.68. The first-order valence-corrected chi connectivity index (χ1v) is 13.5. The Morgan fingerprint density at radius 3 is 2.46 bits per heavy atom. The molecule has 4 rings (SSSR count). The van der Waals surface area contributed by atoms with Gasteiger partial charge in [-0.05, 0) is 49.7 Å². The fourth-order valence-electron chi connectivity index (χ4n) is 3.98. The third-order valence-electron chi connectivity index (χ3n) is 5.79. The number of pyridine rings is 1. The molecule has 2 amide bonds. The molecule has 37 heavy (non-hydrogen) atoms. The maximum absolute atomic E-state index is 13.7. The SMILES string of the molecule is Cc1cccc(S(=O)(=O)N2CC(NC(=O)C(C)O)Cc3ncc(NC(=O)c4c(Cl)cccc4Cl)cc32)c1. The number of nitrogens with zero attached hydrogens (tertiary/aromatic N) is 2. The van der Waals surface area contributed by atoms with Gasteiger partial charge in [0.05, 0.1) is 56.4 Å². The highest BCUT2D eigenvalue weighted by molar-refractivity contribution is 7.92. The number of sulfonamides is 1. The summed E-state index contributed by atoms with van der Waals surface area (Å²) in [5.74, 6) is -1.20. The molecule has 3 aromatic rings. The molecule has 2 atom stereocenters. The number of carbonyl (C=O) groups is 2. The van der Waals surface area contributed by atoms with E-state index in [9.17, 15) is 23.1 Å². The van der Waals surface area contributed by atoms with Gasteiger partial charge in [0.2, 0.25) is 5.91 Å². The first-order valence-electron chi connectivity index (χ1n) is 11.3. The number of nitrogens with one attached hydrogen (secondary N) is 2. The Balaban J connectivity index is 1.73. The predicted molar refractivity (Wildman–Crippen MR) is 142 cm³/mol. The summed E-state index contributed by atoms with van der Waals surface area (Å²) in [6.45, 7) is 3.01. The number of benzene rings is 2. The average Bonchev–Trinajstić information content (AvgIpc) is 2.83. The van der Waals surface area contributed by atoms with Crippen molar-refractivity contribution in [3.8, 4) is 0 Å². The lowest BCUT2D eigenvalue weighted by atomic mass is 10.0. The van der Waals surface area contributed by atoms with Crippen LogP contribution in [0.4, 0.5) is 11.4 Å². The zero-order valence-electron chi connectivity index (χ0n) is 19.9. The highest BCUT2D eigenvalue weighted by Gasteiger charge is 2.35. The molecule has 2 unspecified atom stereocenters. The Labute approximate surface area is 224 Å². The van der Waals surface area contributed by atoms with Crippen LogP contribution in [0.3, 0.4) is 0 Å². The second-order valence-corrected chi connectivity index (χ2v) is 11.4. The molecular weight excluding hydrogens is 539 g/mol. The summed E-state index contributed by atoms with van der Waals surface area (Å²) in [6, 6.07) is 12.0. The number of amides is 2. The van der Waals surface area contributed by atoms with Crippen LogP contribution < -0.4 is 14.9 Å². The summed E-state index contributed by atoms with van der Waals surface area (Å²) in [4.78, 5) is 29.5. The zero-order valence-corrected chi connectivity index (χ0v) is 22.2. The van der Waals surface area contributed by atoms with Crippen LogP contribution in [-0.2, 0) is 21.2 Å². The van der Waals surface area contributed by atoms with Gasteiger partial charge in [-0.1, -0.05) is 41.4 Å². The number of aryl methyl sites for hydroxylation is 1. The number of fused-ring (bicyclic) bond motifs is 1. The van der Waals surface area contributed by atoms with E-state index in [1.165, 1.54) is 37.4 Å². The quantitative estimate of drug-likeness (QED) is 0.421. The molecule has 12 heteroatoms. The van der Waals surface area contributed by atoms with Crippen LogP contribution in [0, 0.1) is 6.92 Å². The van der Waals surface area contributed by atoms with Gasteiger partial charge in [-0.2, -0.15) is 0 Å². The first-order chi connectivity index (χ1) is 17.5. The van der Waals surface area contributed by atoms with Crippen molar-refractivity contribution >= 4 is 56.4 Å². The standard InChI is InChI=1S/C25H24Cl2N4O5S/c1-14-5-3-6-18(9-14)37(35,36)31-13-17(30-24(33)15(2)32)10-21-22(31)11-16(12-28-21)29-25(34)23-19(26)7-4-8-20(23)27/h3-9,11-12,15,17,32H,10,13H2,1-2H3,(H,29,34)(H,30,33). The molecule has 1 aliphatic rings. The molecule has 0 saturated heterocycles. The van der Waals surface area contributed by atoms with E-state index < -0.39 is 34.0 Å². The van der Waals surface area contributed by atoms with Gasteiger partial charge in [-0.3, -0.25) is 18.9 Å². The summed E-state index contributed by atoms with van der Waals surface area (Å²) in [6.07, 6.45) is 0.348. The molecule has 194 valence electrons. The topological polar surface area (TPSA) is 129 Å². The lowest BCUT2D eigenvalue weighted by Crippen LogP contribution is -2.52. The van der Waals surface area contributed by atoms with E-state index in [2.05, 4.69) is 15.6 Å². The highest BCUT2D eigenvalue weighted by Crippen LogP contribution is 2.34. The largest absolute Gasteiger partial charge is 0.384 e. The fourth-order valence-corrected chi connectivity index (χ4v) is 6.18. The van der Waals surface area contributed by atoms with Crippen LogP contribution in [0.15, 0.2) is 59.6 Å². The van der Waals surface area contributed by atoms with E-state index in [4.69, 9.17) is 23.2 Å². The molecule has 1 aliphatic heterocycles. The first kappa shape index (κ1) is 26.9. The molecule has 9 nitrogen and oxygen atoms in total. The van der Waals surface area contributed by atoms with Crippen molar-refractivity contribution in [2.45, 2.75) is 37.3 Å². The van der Waals surface area contributed by atoms with E-state index >= 15 is 0 Å². The second kappa shape index (κ2) is 10.7. The van der Waals surface area contributed by atoms with Crippen LogP contribution in [0.1, 0.15) is 28.5 Å². The molecule has 0 fully saturated rings. The van der Waals surface area contributed by atoms with Gasteiger partial charge in [0.1, 0.15) is 6.10 Å². The number of anilines is 2. The number of halogens is 2. The van der Waals surface area contributed by atoms with Crippen LogP contribution in [0.2, 0.25) is 10.0 Å². The van der Waals surface area contributed by atoms with Gasteiger partial charge in [0.25, 0.3) is 15.9 Å². The number of hydrogen-bond acceptors (Lipinski definition) is 6. The normalized spacial score (nSPS) is 16.0. The molecule has 0 radical (unpaired) electrons. The Bertz CT molecular complexity index is 1460. The minimum atomic E-state index is -4.07. The Morgan fingerprint density at radius 1 is 1.14 bits per heavy atom. The van der Waals surface area contributed by atoms with Crippen LogP contribution in [-0.4, -0.2) is 49.0 Å². The number of hydrogen-bond donors (Lipinski definition) is 3. The summed E-state index contributed by atoms with van der Waals surface area (Å²) < 4.78 is 28.6. The van der Waals surface area contributed by atoms with E-state index in [1.54, 1.807) is 31.2 Å². The number of rotatable bonds is 6. The molecule has 0 saturated carbocycles. The molecule has 0 aliphatic carbocycles. The molecular formula is C25H24Cl2N4O5S. The number of aliphatic hydroxyl groups excluding tert-OH is 1. The number of carbonyl (C=O) groups excluding carboxylic acids is 2. The Hall–Kier alpha value is -3.18. The average molecular weight is 563 g/mol. The molecule has 2 aromatic carbocycles. The smallest absolute Gasteiger partial charge is 0.264 e. The van der Waals surface area contributed by atoms with E-state index in [1.807, 2.05) is 0 Å².